The van der Waals surface area contributed by atoms with Gasteiger partial charge in [0.25, 0.3) is 0 Å². The molecule has 0 aliphatic carbocycles. The summed E-state index contributed by atoms with van der Waals surface area (Å²) < 4.78 is 39.6. The van der Waals surface area contributed by atoms with Crippen LogP contribution in [0.15, 0.2) is 59.5 Å². The Morgan fingerprint density at radius 3 is 2.27 bits per heavy atom. The predicted octanol–water partition coefficient (Wildman–Crippen LogP) is 3.26. The maximum Gasteiger partial charge on any atom is 0.243 e. The molecule has 26 heavy (non-hydrogen) atoms. The Kier molecular flexibility index (Phi) is 5.68. The van der Waals surface area contributed by atoms with Crippen LogP contribution in [-0.2, 0) is 14.8 Å². The molecule has 2 aromatic carbocycles. The molecule has 0 unspecified atom stereocenters. The molecule has 0 atom stereocenters. The minimum Gasteiger partial charge on any atom is -0.326 e. The maximum absolute atomic E-state index is 12.9. The van der Waals surface area contributed by atoms with Gasteiger partial charge in [-0.3, -0.25) is 4.79 Å². The Morgan fingerprint density at radius 2 is 1.65 bits per heavy atom. The van der Waals surface area contributed by atoms with E-state index in [1.165, 1.54) is 28.6 Å². The molecule has 0 saturated carbocycles. The van der Waals surface area contributed by atoms with Gasteiger partial charge in [0, 0.05) is 25.2 Å². The van der Waals surface area contributed by atoms with Crippen LogP contribution in [0.3, 0.4) is 0 Å². The van der Waals surface area contributed by atoms with Crippen LogP contribution < -0.4 is 5.32 Å². The maximum atomic E-state index is 12.9. The number of amides is 1. The highest BCUT2D eigenvalue weighted by Crippen LogP contribution is 2.26. The SMILES string of the molecule is O=C(CC1CCN(S(=O)(=O)c2ccccc2)CC1)Nc1ccc(F)cc1. The zero-order valence-electron chi connectivity index (χ0n) is 14.3. The second-order valence-electron chi connectivity index (χ2n) is 6.42. The highest BCUT2D eigenvalue weighted by atomic mass is 32.2. The fraction of sp³-hybridized carbons (Fsp3) is 0.316. The van der Waals surface area contributed by atoms with Crippen LogP contribution in [0, 0.1) is 11.7 Å². The number of benzene rings is 2. The monoisotopic (exact) mass is 376 g/mol. The zero-order chi connectivity index (χ0) is 18.6. The standard InChI is InChI=1S/C19H21FN2O3S/c20-16-6-8-17(9-7-16)21-19(23)14-15-10-12-22(13-11-15)26(24,25)18-4-2-1-3-5-18/h1-9,15H,10-14H2,(H,21,23). The van der Waals surface area contributed by atoms with E-state index in [2.05, 4.69) is 5.32 Å². The number of anilines is 1. The lowest BCUT2D eigenvalue weighted by Gasteiger charge is -2.31. The summed E-state index contributed by atoms with van der Waals surface area (Å²) in [5.41, 5.74) is 0.556. The van der Waals surface area contributed by atoms with E-state index in [0.717, 1.165) is 0 Å². The van der Waals surface area contributed by atoms with Crippen LogP contribution in [-0.4, -0.2) is 31.7 Å². The molecule has 1 saturated heterocycles. The van der Waals surface area contributed by atoms with E-state index in [4.69, 9.17) is 0 Å². The lowest BCUT2D eigenvalue weighted by molar-refractivity contribution is -0.117. The van der Waals surface area contributed by atoms with Crippen molar-refractivity contribution in [3.63, 3.8) is 0 Å². The van der Waals surface area contributed by atoms with Gasteiger partial charge in [-0.1, -0.05) is 18.2 Å². The van der Waals surface area contributed by atoms with E-state index in [1.54, 1.807) is 30.3 Å². The van der Waals surface area contributed by atoms with Gasteiger partial charge < -0.3 is 5.32 Å². The normalized spacial score (nSPS) is 16.3. The molecule has 3 rings (SSSR count). The van der Waals surface area contributed by atoms with E-state index in [9.17, 15) is 17.6 Å². The van der Waals surface area contributed by atoms with Gasteiger partial charge in [-0.15, -0.1) is 0 Å². The molecule has 1 aliphatic heterocycles. The number of hydrogen-bond acceptors (Lipinski definition) is 3. The van der Waals surface area contributed by atoms with E-state index in [1.807, 2.05) is 0 Å². The summed E-state index contributed by atoms with van der Waals surface area (Å²) in [4.78, 5) is 12.4. The third kappa shape index (κ3) is 4.47. The summed E-state index contributed by atoms with van der Waals surface area (Å²) in [6, 6.07) is 14.0. The van der Waals surface area contributed by atoms with Crippen LogP contribution in [0.25, 0.3) is 0 Å². The minimum atomic E-state index is -3.47. The Morgan fingerprint density at radius 1 is 1.04 bits per heavy atom. The van der Waals surface area contributed by atoms with Gasteiger partial charge in [0.1, 0.15) is 5.82 Å². The Bertz CT molecular complexity index is 846. The summed E-state index contributed by atoms with van der Waals surface area (Å²) in [5, 5.41) is 2.75. The summed E-state index contributed by atoms with van der Waals surface area (Å²) in [6.07, 6.45) is 1.61. The van der Waals surface area contributed by atoms with Crippen LogP contribution in [0.1, 0.15) is 19.3 Å². The molecule has 0 aromatic heterocycles. The van der Waals surface area contributed by atoms with E-state index in [0.29, 0.717) is 42.9 Å². The van der Waals surface area contributed by atoms with Crippen LogP contribution >= 0.6 is 0 Å². The number of sulfonamides is 1. The number of carbonyl (C=O) groups is 1. The van der Waals surface area contributed by atoms with Crippen molar-refractivity contribution >= 4 is 21.6 Å². The molecular weight excluding hydrogens is 355 g/mol. The first-order valence-corrected chi connectivity index (χ1v) is 10.00. The first kappa shape index (κ1) is 18.5. The lowest BCUT2D eigenvalue weighted by atomic mass is 9.94. The molecule has 1 N–H and O–H groups in total. The van der Waals surface area contributed by atoms with Crippen LogP contribution in [0.4, 0.5) is 10.1 Å². The number of carbonyl (C=O) groups excluding carboxylic acids is 1. The highest BCUT2D eigenvalue weighted by molar-refractivity contribution is 7.89. The van der Waals surface area contributed by atoms with E-state index < -0.39 is 10.0 Å². The largest absolute Gasteiger partial charge is 0.326 e. The summed E-state index contributed by atoms with van der Waals surface area (Å²) in [6.45, 7) is 0.817. The number of hydrogen-bond donors (Lipinski definition) is 1. The minimum absolute atomic E-state index is 0.137. The first-order valence-electron chi connectivity index (χ1n) is 8.56. The Labute approximate surface area is 152 Å². The molecule has 1 fully saturated rings. The average molecular weight is 376 g/mol. The molecule has 5 nitrogen and oxygen atoms in total. The second kappa shape index (κ2) is 7.97. The average Bonchev–Trinajstić information content (AvgIpc) is 2.65. The summed E-state index contributed by atoms with van der Waals surface area (Å²) in [5.74, 6) is -0.353. The third-order valence-corrected chi connectivity index (χ3v) is 6.47. The van der Waals surface area contributed by atoms with Gasteiger partial charge >= 0.3 is 0 Å². The van der Waals surface area contributed by atoms with Crippen molar-refractivity contribution < 1.29 is 17.6 Å². The molecule has 1 amide bonds. The van der Waals surface area contributed by atoms with Crippen LogP contribution in [0.2, 0.25) is 0 Å². The van der Waals surface area contributed by atoms with Crippen LogP contribution in [0.5, 0.6) is 0 Å². The molecule has 0 spiro atoms. The van der Waals surface area contributed by atoms with Gasteiger partial charge in [-0.2, -0.15) is 4.31 Å². The molecule has 1 heterocycles. The number of halogens is 1. The molecule has 7 heteroatoms. The van der Waals surface area contributed by atoms with E-state index in [-0.39, 0.29) is 17.6 Å². The van der Waals surface area contributed by atoms with Crippen molar-refractivity contribution in [1.82, 2.24) is 4.31 Å². The predicted molar refractivity (Wildman–Crippen MR) is 97.6 cm³/mol. The molecule has 1 aliphatic rings. The fourth-order valence-corrected chi connectivity index (χ4v) is 4.59. The van der Waals surface area contributed by atoms with Crippen molar-refractivity contribution in [2.24, 2.45) is 5.92 Å². The van der Waals surface area contributed by atoms with Gasteiger partial charge in [0.05, 0.1) is 4.90 Å². The summed E-state index contributed by atoms with van der Waals surface area (Å²) >= 11 is 0. The lowest BCUT2D eigenvalue weighted by Crippen LogP contribution is -2.39. The smallest absolute Gasteiger partial charge is 0.243 e. The van der Waals surface area contributed by atoms with Crippen molar-refractivity contribution in [3.05, 3.63) is 60.4 Å². The van der Waals surface area contributed by atoms with Crippen molar-refractivity contribution in [2.45, 2.75) is 24.2 Å². The third-order valence-electron chi connectivity index (χ3n) is 4.56. The first-order chi connectivity index (χ1) is 12.4. The highest BCUT2D eigenvalue weighted by Gasteiger charge is 2.30. The molecule has 0 radical (unpaired) electrons. The van der Waals surface area contributed by atoms with Gasteiger partial charge in [-0.25, -0.2) is 12.8 Å². The Hall–Kier alpha value is -2.25. The van der Waals surface area contributed by atoms with Gasteiger partial charge in [0.2, 0.25) is 15.9 Å². The molecule has 0 bridgehead atoms. The number of nitrogens with zero attached hydrogens (tertiary/aromatic N) is 1. The van der Waals surface area contributed by atoms with Crippen molar-refractivity contribution in [1.29, 1.82) is 0 Å². The number of piperidine rings is 1. The molecule has 2 aromatic rings. The Balaban J connectivity index is 1.52. The number of nitrogens with one attached hydrogen (secondary N) is 1. The van der Waals surface area contributed by atoms with Crippen molar-refractivity contribution in [2.75, 3.05) is 18.4 Å². The second-order valence-corrected chi connectivity index (χ2v) is 8.36. The quantitative estimate of drug-likeness (QED) is 0.871. The topological polar surface area (TPSA) is 66.5 Å². The fourth-order valence-electron chi connectivity index (χ4n) is 3.10. The molecular formula is C19H21FN2O3S. The summed E-state index contributed by atoms with van der Waals surface area (Å²) in [7, 11) is -3.47. The zero-order valence-corrected chi connectivity index (χ0v) is 15.1. The van der Waals surface area contributed by atoms with E-state index >= 15 is 0 Å². The number of rotatable bonds is 5. The van der Waals surface area contributed by atoms with Gasteiger partial charge in [0.15, 0.2) is 0 Å². The molecule has 138 valence electrons. The van der Waals surface area contributed by atoms with Crippen molar-refractivity contribution in [3.8, 4) is 0 Å². The van der Waals surface area contributed by atoms with Gasteiger partial charge in [-0.05, 0) is 55.2 Å².